The number of nitrogens with one attached hydrogen (secondary N) is 1. The lowest BCUT2D eigenvalue weighted by atomic mass is 10.3. The van der Waals surface area contributed by atoms with Crippen LogP contribution in [0.3, 0.4) is 0 Å². The van der Waals surface area contributed by atoms with Crippen LogP contribution in [0, 0.1) is 11.8 Å². The Morgan fingerprint density at radius 1 is 1.67 bits per heavy atom. The van der Waals surface area contributed by atoms with E-state index < -0.39 is 0 Å². The van der Waals surface area contributed by atoms with Gasteiger partial charge in [0.05, 0.1) is 0 Å². The maximum atomic E-state index is 6.94. The first-order chi connectivity index (χ1) is 2.89. The highest BCUT2D eigenvalue weighted by Crippen LogP contribution is 2.10. The molecule has 0 aromatic carbocycles. The van der Waals surface area contributed by atoms with E-state index in [9.17, 15) is 0 Å². The highest BCUT2D eigenvalue weighted by atomic mass is 14.4. The molecule has 1 aliphatic rings. The first-order valence-electron chi connectivity index (χ1n) is 2.21. The van der Waals surface area contributed by atoms with Gasteiger partial charge in [-0.05, 0) is 19.3 Å². The maximum absolute atomic E-state index is 6.94. The van der Waals surface area contributed by atoms with Crippen molar-refractivity contribution in [2.45, 2.75) is 19.3 Å². The third-order valence-electron chi connectivity index (χ3n) is 0.942. The lowest BCUT2D eigenvalue weighted by Gasteiger charge is -1.76. The summed E-state index contributed by atoms with van der Waals surface area (Å²) in [6.45, 7) is 0. The molecule has 1 rings (SSSR count). The predicted octanol–water partition coefficient (Wildman–Crippen LogP) is 1.27. The molecule has 0 spiro atoms. The molecule has 0 atom stereocenters. The fraction of sp³-hybridized carbons (Fsp3) is 0.600. The highest BCUT2D eigenvalue weighted by Gasteiger charge is 2.04. The van der Waals surface area contributed by atoms with Crippen molar-refractivity contribution in [2.24, 2.45) is 0 Å². The van der Waals surface area contributed by atoms with E-state index >= 15 is 0 Å². The van der Waals surface area contributed by atoms with E-state index in [4.69, 9.17) is 5.41 Å². The number of rotatable bonds is 0. The molecular formula is C5H7N. The molecule has 6 heavy (non-hydrogen) atoms. The highest BCUT2D eigenvalue weighted by molar-refractivity contribution is 5.91. The monoisotopic (exact) mass is 81.1 g/mol. The Kier molecular flexibility index (Phi) is 0.906. The lowest BCUT2D eigenvalue weighted by molar-refractivity contribution is 0.944. The molecule has 0 aromatic heterocycles. The summed E-state index contributed by atoms with van der Waals surface area (Å²) in [6, 6.07) is 0. The summed E-state index contributed by atoms with van der Waals surface area (Å²) in [5.74, 6) is 0. The van der Waals surface area contributed by atoms with Crippen molar-refractivity contribution in [1.82, 2.24) is 0 Å². The van der Waals surface area contributed by atoms with Crippen LogP contribution in [-0.2, 0) is 0 Å². The predicted molar refractivity (Wildman–Crippen MR) is 24.8 cm³/mol. The van der Waals surface area contributed by atoms with Crippen molar-refractivity contribution in [1.29, 1.82) is 5.41 Å². The van der Waals surface area contributed by atoms with Crippen LogP contribution in [0.5, 0.6) is 0 Å². The first kappa shape index (κ1) is 3.85. The average Bonchev–Trinajstić information content (AvgIpc) is 1.86. The zero-order valence-electron chi connectivity index (χ0n) is 3.62. The molecule has 0 heterocycles. The zero-order chi connectivity index (χ0) is 4.41. The van der Waals surface area contributed by atoms with E-state index in [-0.39, 0.29) is 0 Å². The SMILES string of the molecule is N=C1[C]CCC1. The van der Waals surface area contributed by atoms with Gasteiger partial charge in [-0.3, -0.25) is 0 Å². The summed E-state index contributed by atoms with van der Waals surface area (Å²) in [5, 5.41) is 6.94. The molecule has 0 aromatic rings. The molecule has 1 heteroatoms. The summed E-state index contributed by atoms with van der Waals surface area (Å²) in [5.41, 5.74) is 0.704. The fourth-order valence-electron chi connectivity index (χ4n) is 0.593. The van der Waals surface area contributed by atoms with Gasteiger partial charge in [-0.2, -0.15) is 0 Å². The third kappa shape index (κ3) is 0.588. The Labute approximate surface area is 37.9 Å². The molecule has 1 saturated carbocycles. The summed E-state index contributed by atoms with van der Waals surface area (Å²) in [4.78, 5) is 0. The van der Waals surface area contributed by atoms with Crippen LogP contribution in [0.25, 0.3) is 0 Å². The van der Waals surface area contributed by atoms with E-state index in [0.29, 0.717) is 5.71 Å². The average molecular weight is 81.1 g/mol. The molecule has 2 radical (unpaired) electrons. The van der Waals surface area contributed by atoms with Crippen molar-refractivity contribution in [3.05, 3.63) is 6.42 Å². The Balaban J connectivity index is 2.37. The summed E-state index contributed by atoms with van der Waals surface area (Å²) in [6.07, 6.45) is 6.03. The van der Waals surface area contributed by atoms with Gasteiger partial charge in [0.25, 0.3) is 0 Å². The van der Waals surface area contributed by atoms with Crippen molar-refractivity contribution in [3.8, 4) is 0 Å². The Morgan fingerprint density at radius 3 is 2.67 bits per heavy atom. The molecule has 0 unspecified atom stereocenters. The Hall–Kier alpha value is -0.330. The van der Waals surface area contributed by atoms with Crippen LogP contribution in [0.2, 0.25) is 0 Å². The van der Waals surface area contributed by atoms with Crippen molar-refractivity contribution in [2.75, 3.05) is 0 Å². The van der Waals surface area contributed by atoms with Gasteiger partial charge in [-0.25, -0.2) is 0 Å². The number of hydrogen-bond acceptors (Lipinski definition) is 1. The van der Waals surface area contributed by atoms with Gasteiger partial charge in [0.15, 0.2) is 0 Å². The van der Waals surface area contributed by atoms with Gasteiger partial charge in [-0.1, -0.05) is 0 Å². The van der Waals surface area contributed by atoms with Gasteiger partial charge in [0.2, 0.25) is 0 Å². The Morgan fingerprint density at radius 2 is 2.50 bits per heavy atom. The van der Waals surface area contributed by atoms with E-state index in [2.05, 4.69) is 6.42 Å². The Bertz CT molecular complexity index is 58.3. The standard InChI is InChI=1S/C5H7N/c6-5-3-1-2-4-5/h6H,1-3H2. The van der Waals surface area contributed by atoms with E-state index in [0.717, 1.165) is 19.3 Å². The molecule has 1 aliphatic carbocycles. The van der Waals surface area contributed by atoms with Crippen LogP contribution in [0.15, 0.2) is 0 Å². The molecule has 1 nitrogen and oxygen atoms in total. The van der Waals surface area contributed by atoms with Crippen LogP contribution in [0.4, 0.5) is 0 Å². The van der Waals surface area contributed by atoms with Gasteiger partial charge < -0.3 is 5.41 Å². The van der Waals surface area contributed by atoms with Crippen molar-refractivity contribution in [3.63, 3.8) is 0 Å². The summed E-state index contributed by atoms with van der Waals surface area (Å²) < 4.78 is 0. The minimum Gasteiger partial charge on any atom is -0.309 e. The topological polar surface area (TPSA) is 23.9 Å². The summed E-state index contributed by atoms with van der Waals surface area (Å²) in [7, 11) is 0. The second-order valence-corrected chi connectivity index (χ2v) is 1.51. The largest absolute Gasteiger partial charge is 0.309 e. The molecule has 1 N–H and O–H groups in total. The van der Waals surface area contributed by atoms with E-state index in [1.165, 1.54) is 0 Å². The molecule has 0 amide bonds. The summed E-state index contributed by atoms with van der Waals surface area (Å²) >= 11 is 0. The molecule has 32 valence electrons. The quantitative estimate of drug-likeness (QED) is 0.454. The molecule has 0 saturated heterocycles. The fourth-order valence-corrected chi connectivity index (χ4v) is 0.593. The zero-order valence-corrected chi connectivity index (χ0v) is 3.62. The van der Waals surface area contributed by atoms with Gasteiger partial charge in [0, 0.05) is 12.1 Å². The molecule has 0 bridgehead atoms. The second-order valence-electron chi connectivity index (χ2n) is 1.51. The molecule has 1 fully saturated rings. The van der Waals surface area contributed by atoms with Crippen LogP contribution < -0.4 is 0 Å². The van der Waals surface area contributed by atoms with Gasteiger partial charge in [0.1, 0.15) is 0 Å². The minimum atomic E-state index is 0.704. The minimum absolute atomic E-state index is 0.704. The van der Waals surface area contributed by atoms with Gasteiger partial charge in [-0.15, -0.1) is 0 Å². The molecular weight excluding hydrogens is 74.1 g/mol. The lowest BCUT2D eigenvalue weighted by Crippen LogP contribution is -1.81. The second kappa shape index (κ2) is 1.41. The maximum Gasteiger partial charge on any atom is 0.0315 e. The van der Waals surface area contributed by atoms with E-state index in [1.807, 2.05) is 0 Å². The van der Waals surface area contributed by atoms with Crippen molar-refractivity contribution < 1.29 is 0 Å². The first-order valence-corrected chi connectivity index (χ1v) is 2.21. The van der Waals surface area contributed by atoms with Crippen LogP contribution >= 0.6 is 0 Å². The van der Waals surface area contributed by atoms with Gasteiger partial charge >= 0.3 is 0 Å². The smallest absolute Gasteiger partial charge is 0.0315 e. The van der Waals surface area contributed by atoms with Crippen molar-refractivity contribution >= 4 is 5.71 Å². The van der Waals surface area contributed by atoms with E-state index in [1.54, 1.807) is 0 Å². The number of hydrogen-bond donors (Lipinski definition) is 1. The third-order valence-corrected chi connectivity index (χ3v) is 0.942. The van der Waals surface area contributed by atoms with Crippen LogP contribution in [0.1, 0.15) is 19.3 Å². The van der Waals surface area contributed by atoms with Crippen LogP contribution in [-0.4, -0.2) is 5.71 Å². The molecule has 0 aliphatic heterocycles. The normalized spacial score (nSPS) is 22.3.